The Morgan fingerprint density at radius 3 is 3.06 bits per heavy atom. The molecule has 1 aromatic heterocycles. The molecule has 3 N–H and O–H groups in total. The van der Waals surface area contributed by atoms with E-state index in [1.807, 2.05) is 0 Å². The van der Waals surface area contributed by atoms with Gasteiger partial charge in [0.1, 0.15) is 0 Å². The van der Waals surface area contributed by atoms with Gasteiger partial charge in [-0.05, 0) is 12.2 Å². The molecule has 0 aromatic carbocycles. The number of ether oxygens (including phenoxy) is 1. The number of rotatable bonds is 2. The third-order valence-electron chi connectivity index (χ3n) is 2.55. The fraction of sp³-hybridized carbons (Fsp3) is 0.273. The second-order valence-corrected chi connectivity index (χ2v) is 3.72. The highest BCUT2D eigenvalue weighted by atomic mass is 19.1. The Balaban J connectivity index is 2.38. The average molecular weight is 251 g/mol. The summed E-state index contributed by atoms with van der Waals surface area (Å²) in [6.45, 7) is -0.448. The number of halogens is 1. The van der Waals surface area contributed by atoms with Crippen molar-refractivity contribution in [2.24, 2.45) is 0 Å². The van der Waals surface area contributed by atoms with Crippen molar-refractivity contribution in [3.8, 4) is 12.3 Å². The van der Waals surface area contributed by atoms with Gasteiger partial charge in [0.15, 0.2) is 23.5 Å². The zero-order valence-electron chi connectivity index (χ0n) is 9.21. The summed E-state index contributed by atoms with van der Waals surface area (Å²) in [6.07, 6.45) is 8.05. The Kier molecular flexibility index (Phi) is 2.90. The van der Waals surface area contributed by atoms with Gasteiger partial charge < -0.3 is 15.6 Å². The lowest BCUT2D eigenvalue weighted by molar-refractivity contribution is -0.0504. The van der Waals surface area contributed by atoms with Crippen molar-refractivity contribution in [2.45, 2.75) is 11.8 Å². The summed E-state index contributed by atoms with van der Waals surface area (Å²) in [4.78, 5) is 14.8. The van der Waals surface area contributed by atoms with Crippen molar-refractivity contribution < 1.29 is 14.2 Å². The second-order valence-electron chi connectivity index (χ2n) is 3.72. The second kappa shape index (κ2) is 4.25. The molecule has 1 aliphatic heterocycles. The molecule has 6 nitrogen and oxygen atoms in total. The number of terminal acetylenes is 1. The molecule has 7 heteroatoms. The molecule has 94 valence electrons. The van der Waals surface area contributed by atoms with Gasteiger partial charge in [-0.3, -0.25) is 4.57 Å². The summed E-state index contributed by atoms with van der Waals surface area (Å²) >= 11 is 0. The van der Waals surface area contributed by atoms with Gasteiger partial charge in [-0.2, -0.15) is 4.98 Å². The highest BCUT2D eigenvalue weighted by molar-refractivity contribution is 5.28. The SMILES string of the molecule is C#C[C@@]1(CO)C=C[C@H](n2cc(F)c(N)nc2=O)O1. The van der Waals surface area contributed by atoms with E-state index in [2.05, 4.69) is 10.9 Å². The van der Waals surface area contributed by atoms with E-state index in [1.165, 1.54) is 12.2 Å². The molecule has 2 rings (SSSR count). The van der Waals surface area contributed by atoms with Gasteiger partial charge in [0.2, 0.25) is 0 Å². The van der Waals surface area contributed by atoms with E-state index in [0.717, 1.165) is 10.8 Å². The lowest BCUT2D eigenvalue weighted by Crippen LogP contribution is -2.34. The van der Waals surface area contributed by atoms with Crippen LogP contribution in [0, 0.1) is 18.2 Å². The maximum absolute atomic E-state index is 13.3. The van der Waals surface area contributed by atoms with E-state index in [4.69, 9.17) is 22.0 Å². The summed E-state index contributed by atoms with van der Waals surface area (Å²) < 4.78 is 19.5. The van der Waals surface area contributed by atoms with Crippen molar-refractivity contribution in [1.82, 2.24) is 9.55 Å². The molecule has 2 atom stereocenters. The number of hydrogen-bond acceptors (Lipinski definition) is 5. The quantitative estimate of drug-likeness (QED) is 0.542. The molecule has 18 heavy (non-hydrogen) atoms. The van der Waals surface area contributed by atoms with Gasteiger partial charge in [0.05, 0.1) is 12.8 Å². The van der Waals surface area contributed by atoms with Crippen LogP contribution < -0.4 is 11.4 Å². The molecule has 0 unspecified atom stereocenters. The zero-order chi connectivity index (χ0) is 13.3. The molecule has 1 aliphatic rings. The fourth-order valence-corrected chi connectivity index (χ4v) is 1.54. The first-order chi connectivity index (χ1) is 8.51. The van der Waals surface area contributed by atoms with Gasteiger partial charge >= 0.3 is 5.69 Å². The first-order valence-electron chi connectivity index (χ1n) is 5.01. The fourth-order valence-electron chi connectivity index (χ4n) is 1.54. The predicted molar refractivity (Wildman–Crippen MR) is 60.8 cm³/mol. The van der Waals surface area contributed by atoms with E-state index >= 15 is 0 Å². The molecule has 1 aromatic rings. The van der Waals surface area contributed by atoms with Crippen molar-refractivity contribution in [3.05, 3.63) is 34.7 Å². The van der Waals surface area contributed by atoms with Gasteiger partial charge in [0, 0.05) is 0 Å². The number of aliphatic hydroxyl groups excluding tert-OH is 1. The summed E-state index contributed by atoms with van der Waals surface area (Å²) in [5, 5.41) is 9.13. The van der Waals surface area contributed by atoms with Gasteiger partial charge in [-0.25, -0.2) is 9.18 Å². The lowest BCUT2D eigenvalue weighted by Gasteiger charge is -2.21. The Morgan fingerprint density at radius 1 is 1.78 bits per heavy atom. The molecular weight excluding hydrogens is 241 g/mol. The van der Waals surface area contributed by atoms with E-state index in [-0.39, 0.29) is 0 Å². The number of anilines is 1. The molecule has 0 aliphatic carbocycles. The first kappa shape index (κ1) is 12.3. The normalized spacial score (nSPS) is 26.2. The molecular formula is C11H10FN3O3. The maximum atomic E-state index is 13.3. The minimum Gasteiger partial charge on any atom is -0.392 e. The largest absolute Gasteiger partial charge is 0.392 e. The minimum atomic E-state index is -1.30. The van der Waals surface area contributed by atoms with Crippen LogP contribution in [-0.2, 0) is 4.74 Å². The number of aromatic nitrogens is 2. The zero-order valence-corrected chi connectivity index (χ0v) is 9.21. The number of nitrogen functional groups attached to an aromatic ring is 1. The van der Waals surface area contributed by atoms with Crippen molar-refractivity contribution in [2.75, 3.05) is 12.3 Å². The van der Waals surface area contributed by atoms with Crippen LogP contribution in [0.1, 0.15) is 6.23 Å². The van der Waals surface area contributed by atoms with E-state index < -0.39 is 35.8 Å². The molecule has 0 fully saturated rings. The Hall–Kier alpha value is -2.17. The average Bonchev–Trinajstić information content (AvgIpc) is 2.79. The van der Waals surface area contributed by atoms with E-state index in [0.29, 0.717) is 0 Å². The molecule has 0 spiro atoms. The number of nitrogens with two attached hydrogens (primary N) is 1. The molecule has 2 heterocycles. The topological polar surface area (TPSA) is 90.4 Å². The summed E-state index contributed by atoms with van der Waals surface area (Å²) in [5.74, 6) is 0.937. The number of aliphatic hydroxyl groups is 1. The highest BCUT2D eigenvalue weighted by Gasteiger charge is 2.34. The highest BCUT2D eigenvalue weighted by Crippen LogP contribution is 2.28. The lowest BCUT2D eigenvalue weighted by atomic mass is 10.1. The third-order valence-corrected chi connectivity index (χ3v) is 2.55. The van der Waals surface area contributed by atoms with Gasteiger partial charge in [-0.15, -0.1) is 6.42 Å². The van der Waals surface area contributed by atoms with Crippen molar-refractivity contribution in [1.29, 1.82) is 0 Å². The maximum Gasteiger partial charge on any atom is 0.352 e. The Morgan fingerprint density at radius 2 is 2.50 bits per heavy atom. The monoisotopic (exact) mass is 251 g/mol. The van der Waals surface area contributed by atoms with Crippen LogP contribution in [0.3, 0.4) is 0 Å². The Labute approximate surface area is 102 Å². The number of nitrogens with zero attached hydrogens (tertiary/aromatic N) is 2. The smallest absolute Gasteiger partial charge is 0.352 e. The molecule has 0 radical (unpaired) electrons. The first-order valence-corrected chi connectivity index (χ1v) is 5.01. The van der Waals surface area contributed by atoms with Crippen LogP contribution in [0.15, 0.2) is 23.1 Å². The third kappa shape index (κ3) is 1.88. The molecule has 0 saturated carbocycles. The van der Waals surface area contributed by atoms with Crippen LogP contribution >= 0.6 is 0 Å². The number of hydrogen-bond donors (Lipinski definition) is 2. The van der Waals surface area contributed by atoms with Crippen LogP contribution in [0.25, 0.3) is 0 Å². The summed E-state index contributed by atoms with van der Waals surface area (Å²) in [7, 11) is 0. The summed E-state index contributed by atoms with van der Waals surface area (Å²) in [6, 6.07) is 0. The Bertz CT molecular complexity index is 605. The molecule has 0 bridgehead atoms. The van der Waals surface area contributed by atoms with Crippen molar-refractivity contribution >= 4 is 5.82 Å². The van der Waals surface area contributed by atoms with Gasteiger partial charge in [0.25, 0.3) is 0 Å². The summed E-state index contributed by atoms with van der Waals surface area (Å²) in [5.41, 5.74) is 3.09. The predicted octanol–water partition coefficient (Wildman–Crippen LogP) is -0.586. The van der Waals surface area contributed by atoms with Crippen molar-refractivity contribution in [3.63, 3.8) is 0 Å². The molecule has 0 amide bonds. The van der Waals surface area contributed by atoms with Crippen LogP contribution in [0.4, 0.5) is 10.2 Å². The standard InChI is InChI=1S/C11H10FN3O3/c1-2-11(6-16)4-3-8(18-11)15-5-7(12)9(13)14-10(15)17/h1,3-5,8,16H,6H2,(H2,13,14,17)/t8-,11+/m1/s1. The van der Waals surface area contributed by atoms with Crippen LogP contribution in [0.2, 0.25) is 0 Å². The van der Waals surface area contributed by atoms with Gasteiger partial charge in [-0.1, -0.05) is 5.92 Å². The van der Waals surface area contributed by atoms with Crippen LogP contribution in [0.5, 0.6) is 0 Å². The minimum absolute atomic E-state index is 0.448. The van der Waals surface area contributed by atoms with E-state index in [1.54, 1.807) is 0 Å². The van der Waals surface area contributed by atoms with Crippen LogP contribution in [-0.4, -0.2) is 26.9 Å². The van der Waals surface area contributed by atoms with E-state index in [9.17, 15) is 9.18 Å². The molecule has 0 saturated heterocycles.